The van der Waals surface area contributed by atoms with E-state index in [0.717, 1.165) is 16.5 Å². The Bertz CT molecular complexity index is 376. The van der Waals surface area contributed by atoms with Gasteiger partial charge in [0.25, 0.3) is 0 Å². The highest BCUT2D eigenvalue weighted by Crippen LogP contribution is 2.20. The first-order valence-electron chi connectivity index (χ1n) is 5.48. The minimum Gasteiger partial charge on any atom is -0.299 e. The summed E-state index contributed by atoms with van der Waals surface area (Å²) in [5.74, 6) is 0.273. The van der Waals surface area contributed by atoms with Gasteiger partial charge in [0.05, 0.1) is 0 Å². The van der Waals surface area contributed by atoms with Crippen molar-refractivity contribution in [2.75, 3.05) is 0 Å². The second-order valence-corrected chi connectivity index (χ2v) is 5.02. The number of halogens is 2. The number of carbonyl (C=O) groups excluding carboxylic acids is 1. The second-order valence-electron chi connectivity index (χ2n) is 4.17. The molecule has 1 unspecified atom stereocenters. The third-order valence-electron chi connectivity index (χ3n) is 2.67. The molecule has 0 radical (unpaired) electrons. The molecule has 88 valence electrons. The molecule has 0 aliphatic rings. The molecule has 16 heavy (non-hydrogen) atoms. The van der Waals surface area contributed by atoms with Crippen LogP contribution in [0.25, 0.3) is 0 Å². The van der Waals surface area contributed by atoms with Gasteiger partial charge in [-0.1, -0.05) is 36.2 Å². The number of hydrogen-bond acceptors (Lipinski definition) is 1. The third kappa shape index (κ3) is 4.05. The molecule has 1 aromatic rings. The number of Topliss-reactive ketones (excluding diaryl/α,β-unsaturated/α-hetero) is 1. The van der Waals surface area contributed by atoms with E-state index >= 15 is 0 Å². The van der Waals surface area contributed by atoms with Gasteiger partial charge in [-0.25, -0.2) is 4.39 Å². The van der Waals surface area contributed by atoms with Gasteiger partial charge in [0.15, 0.2) is 0 Å². The van der Waals surface area contributed by atoms with Crippen LogP contribution in [0, 0.1) is 11.7 Å². The lowest BCUT2D eigenvalue weighted by molar-refractivity contribution is -0.119. The van der Waals surface area contributed by atoms with Gasteiger partial charge in [-0.3, -0.25) is 4.79 Å². The van der Waals surface area contributed by atoms with Crippen LogP contribution in [0.1, 0.15) is 32.3 Å². The third-order valence-corrected chi connectivity index (χ3v) is 3.44. The predicted molar refractivity (Wildman–Crippen MR) is 66.9 cm³/mol. The van der Waals surface area contributed by atoms with Gasteiger partial charge in [-0.15, -0.1) is 0 Å². The van der Waals surface area contributed by atoms with Crippen LogP contribution in [0.2, 0.25) is 0 Å². The lowest BCUT2D eigenvalue weighted by Crippen LogP contribution is -2.08. The summed E-state index contributed by atoms with van der Waals surface area (Å²) in [4.78, 5) is 11.7. The van der Waals surface area contributed by atoms with Crippen molar-refractivity contribution in [3.8, 4) is 0 Å². The molecule has 1 rings (SSSR count). The van der Waals surface area contributed by atoms with E-state index in [1.807, 2.05) is 0 Å². The van der Waals surface area contributed by atoms with E-state index in [1.165, 1.54) is 12.1 Å². The van der Waals surface area contributed by atoms with Crippen molar-refractivity contribution in [2.45, 2.75) is 33.1 Å². The molecular formula is C13H16BrFO. The fourth-order valence-corrected chi connectivity index (χ4v) is 1.88. The van der Waals surface area contributed by atoms with Crippen LogP contribution in [0.5, 0.6) is 0 Å². The fraction of sp³-hybridized carbons (Fsp3) is 0.462. The second kappa shape index (κ2) is 6.14. The minimum atomic E-state index is -0.297. The van der Waals surface area contributed by atoms with Crippen molar-refractivity contribution in [2.24, 2.45) is 5.92 Å². The molecule has 3 heteroatoms. The SMILES string of the molecule is CCC(C)CC(=O)Cc1cc(F)ccc1Br. The summed E-state index contributed by atoms with van der Waals surface area (Å²) < 4.78 is 13.8. The number of rotatable bonds is 5. The van der Waals surface area contributed by atoms with E-state index in [1.54, 1.807) is 6.07 Å². The summed E-state index contributed by atoms with van der Waals surface area (Å²) in [7, 11) is 0. The number of ketones is 1. The van der Waals surface area contributed by atoms with Gasteiger partial charge in [-0.05, 0) is 29.7 Å². The Morgan fingerprint density at radius 2 is 2.19 bits per heavy atom. The quantitative estimate of drug-likeness (QED) is 0.795. The van der Waals surface area contributed by atoms with Crippen molar-refractivity contribution < 1.29 is 9.18 Å². The van der Waals surface area contributed by atoms with Crippen molar-refractivity contribution >= 4 is 21.7 Å². The van der Waals surface area contributed by atoms with Gasteiger partial charge < -0.3 is 0 Å². The smallest absolute Gasteiger partial charge is 0.137 e. The predicted octanol–water partition coefficient (Wildman–Crippen LogP) is 4.14. The molecule has 1 aromatic carbocycles. The molecule has 0 fully saturated rings. The Hall–Kier alpha value is -0.700. The molecule has 0 aromatic heterocycles. The first-order valence-corrected chi connectivity index (χ1v) is 6.27. The van der Waals surface area contributed by atoms with Gasteiger partial charge in [-0.2, -0.15) is 0 Å². The molecule has 0 bridgehead atoms. The summed E-state index contributed by atoms with van der Waals surface area (Å²) in [6.07, 6.45) is 1.87. The van der Waals surface area contributed by atoms with Crippen LogP contribution in [-0.4, -0.2) is 5.78 Å². The fourth-order valence-electron chi connectivity index (χ4n) is 1.50. The molecule has 0 spiro atoms. The standard InChI is InChI=1S/C13H16BrFO/c1-3-9(2)6-12(16)8-10-7-11(15)4-5-13(10)14/h4-5,7,9H,3,6,8H2,1-2H3. The van der Waals surface area contributed by atoms with Crippen molar-refractivity contribution in [3.63, 3.8) is 0 Å². The maximum Gasteiger partial charge on any atom is 0.137 e. The summed E-state index contributed by atoms with van der Waals surface area (Å²) >= 11 is 3.32. The molecular weight excluding hydrogens is 271 g/mol. The van der Waals surface area contributed by atoms with Crippen molar-refractivity contribution in [3.05, 3.63) is 34.1 Å². The molecule has 0 amide bonds. The zero-order chi connectivity index (χ0) is 12.1. The minimum absolute atomic E-state index is 0.167. The summed E-state index contributed by atoms with van der Waals surface area (Å²) in [5, 5.41) is 0. The topological polar surface area (TPSA) is 17.1 Å². The first kappa shape index (κ1) is 13.4. The Kier molecular flexibility index (Phi) is 5.13. The van der Waals surface area contributed by atoms with Gasteiger partial charge in [0, 0.05) is 17.3 Å². The van der Waals surface area contributed by atoms with E-state index < -0.39 is 0 Å². The molecule has 1 atom stereocenters. The summed E-state index contributed by atoms with van der Waals surface area (Å²) in [6, 6.07) is 4.44. The maximum absolute atomic E-state index is 13.0. The van der Waals surface area contributed by atoms with Crippen LogP contribution < -0.4 is 0 Å². The highest BCUT2D eigenvalue weighted by atomic mass is 79.9. The van der Waals surface area contributed by atoms with Gasteiger partial charge in [0.1, 0.15) is 11.6 Å². The Balaban J connectivity index is 2.65. The number of hydrogen-bond donors (Lipinski definition) is 0. The Morgan fingerprint density at radius 3 is 2.81 bits per heavy atom. The zero-order valence-corrected chi connectivity index (χ0v) is 11.2. The van der Waals surface area contributed by atoms with E-state index in [9.17, 15) is 9.18 Å². The largest absolute Gasteiger partial charge is 0.299 e. The molecule has 1 nitrogen and oxygen atoms in total. The van der Waals surface area contributed by atoms with E-state index in [-0.39, 0.29) is 11.6 Å². The number of carbonyl (C=O) groups is 1. The zero-order valence-electron chi connectivity index (χ0n) is 9.59. The monoisotopic (exact) mass is 286 g/mol. The lowest BCUT2D eigenvalue weighted by atomic mass is 9.98. The lowest BCUT2D eigenvalue weighted by Gasteiger charge is -2.08. The first-order chi connectivity index (χ1) is 7.52. The highest BCUT2D eigenvalue weighted by Gasteiger charge is 2.11. The van der Waals surface area contributed by atoms with Gasteiger partial charge in [0.2, 0.25) is 0 Å². The Labute approximate surface area is 104 Å². The Morgan fingerprint density at radius 1 is 1.50 bits per heavy atom. The average molecular weight is 287 g/mol. The van der Waals surface area contributed by atoms with Crippen LogP contribution in [0.4, 0.5) is 4.39 Å². The molecule has 0 aliphatic heterocycles. The highest BCUT2D eigenvalue weighted by molar-refractivity contribution is 9.10. The molecule has 0 saturated heterocycles. The molecule has 0 heterocycles. The van der Waals surface area contributed by atoms with Crippen LogP contribution in [0.15, 0.2) is 22.7 Å². The van der Waals surface area contributed by atoms with E-state index in [0.29, 0.717) is 18.8 Å². The van der Waals surface area contributed by atoms with Crippen molar-refractivity contribution in [1.29, 1.82) is 0 Å². The van der Waals surface area contributed by atoms with Gasteiger partial charge >= 0.3 is 0 Å². The maximum atomic E-state index is 13.0. The van der Waals surface area contributed by atoms with Crippen LogP contribution in [-0.2, 0) is 11.2 Å². The number of benzene rings is 1. The van der Waals surface area contributed by atoms with E-state index in [4.69, 9.17) is 0 Å². The average Bonchev–Trinajstić information content (AvgIpc) is 2.23. The summed E-state index contributed by atoms with van der Waals surface area (Å²) in [6.45, 7) is 4.12. The molecule has 0 N–H and O–H groups in total. The summed E-state index contributed by atoms with van der Waals surface area (Å²) in [5.41, 5.74) is 0.730. The normalized spacial score (nSPS) is 12.5. The van der Waals surface area contributed by atoms with Crippen molar-refractivity contribution in [1.82, 2.24) is 0 Å². The van der Waals surface area contributed by atoms with Crippen LogP contribution in [0.3, 0.4) is 0 Å². The molecule has 0 saturated carbocycles. The van der Waals surface area contributed by atoms with E-state index in [2.05, 4.69) is 29.8 Å². The molecule has 0 aliphatic carbocycles. The van der Waals surface area contributed by atoms with Crippen LogP contribution >= 0.6 is 15.9 Å².